The summed E-state index contributed by atoms with van der Waals surface area (Å²) < 4.78 is 41.0. The zero-order valence-electron chi connectivity index (χ0n) is 11.3. The van der Waals surface area contributed by atoms with Gasteiger partial charge in [0.2, 0.25) is 0 Å². The van der Waals surface area contributed by atoms with Gasteiger partial charge in [-0.2, -0.15) is 13.2 Å². The quantitative estimate of drug-likeness (QED) is 0.891. The molecule has 2 rings (SSSR count). The summed E-state index contributed by atoms with van der Waals surface area (Å²) in [5, 5.41) is 12.7. The number of pyridine rings is 1. The number of aromatic nitrogens is 1. The van der Waals surface area contributed by atoms with Gasteiger partial charge in [-0.1, -0.05) is 0 Å². The lowest BCUT2D eigenvalue weighted by atomic mass is 10.2. The normalized spacial score (nSPS) is 13.2. The lowest BCUT2D eigenvalue weighted by molar-refractivity contribution is -0.153. The molecule has 0 aliphatic rings. The molecule has 114 valence electrons. The predicted molar refractivity (Wildman–Crippen MR) is 73.5 cm³/mol. The second kappa shape index (κ2) is 6.17. The molecule has 2 N–H and O–H groups in total. The molecule has 0 fully saturated rings. The molecule has 0 aliphatic heterocycles. The van der Waals surface area contributed by atoms with Crippen molar-refractivity contribution in [1.82, 2.24) is 4.98 Å². The molecule has 0 unspecified atom stereocenters. The number of anilines is 1. The molecule has 0 bridgehead atoms. The molecular weight excluding hydrogens is 285 g/mol. The summed E-state index contributed by atoms with van der Waals surface area (Å²) >= 11 is 0. The first kappa shape index (κ1) is 15.4. The summed E-state index contributed by atoms with van der Waals surface area (Å²) in [5.74, 6) is 0.735. The Kier molecular flexibility index (Phi) is 4.52. The maximum Gasteiger partial charge on any atom is 0.422 e. The van der Waals surface area contributed by atoms with Crippen LogP contribution in [0.15, 0.2) is 30.3 Å². The summed E-state index contributed by atoms with van der Waals surface area (Å²) in [6, 6.07) is 7.84. The van der Waals surface area contributed by atoms with Crippen molar-refractivity contribution in [1.29, 1.82) is 0 Å². The van der Waals surface area contributed by atoms with Gasteiger partial charge in [0.1, 0.15) is 11.6 Å². The molecule has 0 amide bonds. The first-order chi connectivity index (χ1) is 9.87. The highest BCUT2D eigenvalue weighted by Crippen LogP contribution is 2.23. The summed E-state index contributed by atoms with van der Waals surface area (Å²) in [4.78, 5) is 4.31. The first-order valence-corrected chi connectivity index (χ1v) is 6.35. The number of ether oxygens (including phenoxy) is 1. The fourth-order valence-corrected chi connectivity index (χ4v) is 1.74. The van der Waals surface area contributed by atoms with E-state index in [1.165, 1.54) is 12.1 Å². The average Bonchev–Trinajstić information content (AvgIpc) is 2.44. The Morgan fingerprint density at radius 1 is 1.29 bits per heavy atom. The van der Waals surface area contributed by atoms with Gasteiger partial charge in [-0.05, 0) is 37.3 Å². The Balaban J connectivity index is 2.15. The van der Waals surface area contributed by atoms with E-state index in [1.807, 2.05) is 0 Å². The van der Waals surface area contributed by atoms with E-state index in [0.29, 0.717) is 16.7 Å². The highest BCUT2D eigenvalue weighted by atomic mass is 19.4. The van der Waals surface area contributed by atoms with Gasteiger partial charge in [0.25, 0.3) is 0 Å². The van der Waals surface area contributed by atoms with Gasteiger partial charge < -0.3 is 15.2 Å². The monoisotopic (exact) mass is 300 g/mol. The van der Waals surface area contributed by atoms with Crippen LogP contribution < -0.4 is 10.1 Å². The molecule has 2 aromatic rings. The average molecular weight is 300 g/mol. The molecule has 1 aromatic heterocycles. The Bertz CT molecular complexity index is 617. The Morgan fingerprint density at radius 3 is 2.71 bits per heavy atom. The molecule has 0 saturated heterocycles. The third-order valence-corrected chi connectivity index (χ3v) is 2.73. The number of nitrogens with one attached hydrogen (secondary N) is 1. The molecule has 21 heavy (non-hydrogen) atoms. The second-order valence-electron chi connectivity index (χ2n) is 4.68. The van der Waals surface area contributed by atoms with E-state index in [-0.39, 0.29) is 18.4 Å². The van der Waals surface area contributed by atoms with Gasteiger partial charge in [0.05, 0.1) is 12.1 Å². The summed E-state index contributed by atoms with van der Waals surface area (Å²) in [7, 11) is 0. The smallest absolute Gasteiger partial charge is 0.422 e. The molecule has 0 saturated carbocycles. The predicted octanol–water partition coefficient (Wildman–Crippen LogP) is 2.97. The number of halogens is 3. The van der Waals surface area contributed by atoms with E-state index in [2.05, 4.69) is 15.0 Å². The van der Waals surface area contributed by atoms with Crippen molar-refractivity contribution in [2.45, 2.75) is 19.1 Å². The van der Waals surface area contributed by atoms with Crippen molar-refractivity contribution in [3.05, 3.63) is 30.3 Å². The van der Waals surface area contributed by atoms with Crippen LogP contribution in [0.5, 0.6) is 5.75 Å². The fraction of sp³-hybridized carbons (Fsp3) is 0.357. The largest absolute Gasteiger partial charge is 0.484 e. The fourth-order valence-electron chi connectivity index (χ4n) is 1.74. The van der Waals surface area contributed by atoms with Gasteiger partial charge in [-0.3, -0.25) is 0 Å². The molecule has 0 radical (unpaired) electrons. The van der Waals surface area contributed by atoms with Crippen molar-refractivity contribution in [3.63, 3.8) is 0 Å². The van der Waals surface area contributed by atoms with Crippen LogP contribution in [0.3, 0.4) is 0 Å². The van der Waals surface area contributed by atoms with Crippen molar-refractivity contribution >= 4 is 16.7 Å². The number of aliphatic hydroxyl groups excluding tert-OH is 1. The zero-order valence-corrected chi connectivity index (χ0v) is 11.3. The van der Waals surface area contributed by atoms with Crippen LogP contribution in [0, 0.1) is 0 Å². The molecule has 1 heterocycles. The summed E-state index contributed by atoms with van der Waals surface area (Å²) in [6.45, 7) is 0.462. The van der Waals surface area contributed by atoms with E-state index in [1.54, 1.807) is 25.1 Å². The van der Waals surface area contributed by atoms with Gasteiger partial charge in [-0.25, -0.2) is 4.98 Å². The Labute approximate surface area is 119 Å². The number of hydrogen-bond donors (Lipinski definition) is 2. The van der Waals surface area contributed by atoms with Crippen LogP contribution in [-0.4, -0.2) is 35.5 Å². The number of nitrogens with zero attached hydrogens (tertiary/aromatic N) is 1. The summed E-state index contributed by atoms with van der Waals surface area (Å²) in [5.41, 5.74) is 0.629. The highest BCUT2D eigenvalue weighted by Gasteiger charge is 2.28. The maximum atomic E-state index is 12.1. The van der Waals surface area contributed by atoms with Crippen LogP contribution in [0.4, 0.5) is 19.0 Å². The molecule has 0 spiro atoms. The number of rotatable bonds is 5. The third-order valence-electron chi connectivity index (χ3n) is 2.73. The molecule has 1 atom stereocenters. The molecule has 0 aliphatic carbocycles. The van der Waals surface area contributed by atoms with E-state index in [4.69, 9.17) is 5.11 Å². The topological polar surface area (TPSA) is 54.4 Å². The first-order valence-electron chi connectivity index (χ1n) is 6.35. The SMILES string of the molecule is C[C@@H](CO)Nc1ccc2cc(OCC(F)(F)F)ccc2n1. The number of hydrogen-bond acceptors (Lipinski definition) is 4. The zero-order chi connectivity index (χ0) is 15.5. The number of alkyl halides is 3. The summed E-state index contributed by atoms with van der Waals surface area (Å²) in [6.07, 6.45) is -4.36. The number of fused-ring (bicyclic) bond motifs is 1. The van der Waals surface area contributed by atoms with Crippen LogP contribution in [0.2, 0.25) is 0 Å². The van der Waals surface area contributed by atoms with E-state index in [9.17, 15) is 13.2 Å². The minimum atomic E-state index is -4.36. The van der Waals surface area contributed by atoms with Crippen molar-refractivity contribution in [3.8, 4) is 5.75 Å². The van der Waals surface area contributed by atoms with E-state index in [0.717, 1.165) is 0 Å². The second-order valence-corrected chi connectivity index (χ2v) is 4.68. The van der Waals surface area contributed by atoms with Crippen LogP contribution in [0.25, 0.3) is 10.9 Å². The van der Waals surface area contributed by atoms with E-state index >= 15 is 0 Å². The van der Waals surface area contributed by atoms with Gasteiger partial charge in [-0.15, -0.1) is 0 Å². The number of benzene rings is 1. The Morgan fingerprint density at radius 2 is 2.05 bits per heavy atom. The molecule has 4 nitrogen and oxygen atoms in total. The van der Waals surface area contributed by atoms with Gasteiger partial charge >= 0.3 is 6.18 Å². The lowest BCUT2D eigenvalue weighted by Gasteiger charge is -2.12. The van der Waals surface area contributed by atoms with E-state index < -0.39 is 12.8 Å². The minimum Gasteiger partial charge on any atom is -0.484 e. The van der Waals surface area contributed by atoms with Crippen LogP contribution in [-0.2, 0) is 0 Å². The third kappa shape index (κ3) is 4.49. The molecular formula is C14H15F3N2O2. The van der Waals surface area contributed by atoms with Crippen molar-refractivity contribution in [2.75, 3.05) is 18.5 Å². The highest BCUT2D eigenvalue weighted by molar-refractivity contribution is 5.81. The molecule has 1 aromatic carbocycles. The van der Waals surface area contributed by atoms with Crippen LogP contribution in [0.1, 0.15) is 6.92 Å². The standard InChI is InChI=1S/C14H15F3N2O2/c1-9(7-20)18-13-5-2-10-6-11(3-4-12(10)19-13)21-8-14(15,16)17/h2-6,9,20H,7-8H2,1H3,(H,18,19)/t9-/m0/s1. The maximum absolute atomic E-state index is 12.1. The molecule has 7 heteroatoms. The van der Waals surface area contributed by atoms with Crippen LogP contribution >= 0.6 is 0 Å². The number of aliphatic hydroxyl groups is 1. The van der Waals surface area contributed by atoms with Gasteiger partial charge in [0.15, 0.2) is 6.61 Å². The lowest BCUT2D eigenvalue weighted by Crippen LogP contribution is -2.20. The van der Waals surface area contributed by atoms with Crippen molar-refractivity contribution in [2.24, 2.45) is 0 Å². The minimum absolute atomic E-state index is 0.0239. The van der Waals surface area contributed by atoms with Gasteiger partial charge in [0, 0.05) is 11.4 Å². The van der Waals surface area contributed by atoms with Crippen molar-refractivity contribution < 1.29 is 23.0 Å². The Hall–Kier alpha value is -2.02.